The Hall–Kier alpha value is -3.08. The number of azo groups is 1. The van der Waals surface area contributed by atoms with Crippen LogP contribution in [-0.2, 0) is 16.6 Å². The summed E-state index contributed by atoms with van der Waals surface area (Å²) < 4.78 is 28.0. The molecule has 9 nitrogen and oxygen atoms in total. The lowest BCUT2D eigenvalue weighted by molar-refractivity contribution is 0.0995. The smallest absolute Gasteiger partial charge is 0.295 e. The van der Waals surface area contributed by atoms with E-state index >= 15 is 0 Å². The van der Waals surface area contributed by atoms with Crippen LogP contribution >= 0.6 is 0 Å². The molecule has 0 N–H and O–H groups in total. The summed E-state index contributed by atoms with van der Waals surface area (Å²) in [5.41, 5.74) is 2.24. The number of rotatable bonds is 5. The third-order valence-electron chi connectivity index (χ3n) is 6.31. The Morgan fingerprint density at radius 2 is 1.74 bits per heavy atom. The minimum Gasteiger partial charge on any atom is -0.295 e. The van der Waals surface area contributed by atoms with E-state index in [-0.39, 0.29) is 5.91 Å². The predicted molar refractivity (Wildman–Crippen MR) is 128 cm³/mol. The second-order valence-corrected chi connectivity index (χ2v) is 10.9. The fourth-order valence-electron chi connectivity index (χ4n) is 4.40. The molecule has 0 spiro atoms. The van der Waals surface area contributed by atoms with Gasteiger partial charge in [-0.05, 0) is 48.7 Å². The Balaban J connectivity index is 1.31. The summed E-state index contributed by atoms with van der Waals surface area (Å²) in [6.07, 6.45) is 0.710. The van der Waals surface area contributed by atoms with E-state index in [0.717, 1.165) is 12.1 Å². The lowest BCUT2D eigenvalue weighted by Gasteiger charge is -2.22. The number of hydrogen-bond acceptors (Lipinski definition) is 7. The zero-order chi connectivity index (χ0) is 23.9. The maximum Gasteiger partial charge on any atom is 0.296 e. The van der Waals surface area contributed by atoms with Crippen molar-refractivity contribution in [2.24, 2.45) is 10.2 Å². The number of carbonyl (C=O) groups excluding carboxylic acids is 1. The van der Waals surface area contributed by atoms with E-state index in [9.17, 15) is 13.2 Å². The van der Waals surface area contributed by atoms with Crippen molar-refractivity contribution in [3.8, 4) is 0 Å². The molecular formula is C24H26N6O3S. The maximum absolute atomic E-state index is 13.2. The molecule has 2 aromatic carbocycles. The summed E-state index contributed by atoms with van der Waals surface area (Å²) >= 11 is 0. The molecule has 0 unspecified atom stereocenters. The summed E-state index contributed by atoms with van der Waals surface area (Å²) in [5, 5.41) is 8.29. The first-order valence-corrected chi connectivity index (χ1v) is 12.8. The lowest BCUT2D eigenvalue weighted by atomic mass is 10.0. The molecule has 1 saturated heterocycles. The fourth-order valence-corrected chi connectivity index (χ4v) is 5.87. The van der Waals surface area contributed by atoms with Gasteiger partial charge in [0.1, 0.15) is 5.82 Å². The van der Waals surface area contributed by atoms with E-state index in [1.54, 1.807) is 28.6 Å². The van der Waals surface area contributed by atoms with Crippen molar-refractivity contribution in [3.63, 3.8) is 0 Å². The SMILES string of the molecule is CC(C)c1ccc(S(=O)(=O)N2CCCN(Cc3nc4c5c(cccc5n3)C(=O)N=N4)CC2)cc1. The molecule has 0 aliphatic carbocycles. The third kappa shape index (κ3) is 4.24. The van der Waals surface area contributed by atoms with Crippen LogP contribution in [0.4, 0.5) is 5.82 Å². The Kier molecular flexibility index (Phi) is 5.97. The number of amides is 1. The highest BCUT2D eigenvalue weighted by atomic mass is 32.2. The van der Waals surface area contributed by atoms with Gasteiger partial charge in [0, 0.05) is 19.6 Å². The molecule has 10 heteroatoms. The predicted octanol–water partition coefficient (Wildman–Crippen LogP) is 3.89. The summed E-state index contributed by atoms with van der Waals surface area (Å²) in [6, 6.07) is 12.5. The van der Waals surface area contributed by atoms with E-state index in [1.807, 2.05) is 18.2 Å². The van der Waals surface area contributed by atoms with Crippen LogP contribution in [0.2, 0.25) is 0 Å². The van der Waals surface area contributed by atoms with Gasteiger partial charge >= 0.3 is 0 Å². The highest BCUT2D eigenvalue weighted by Gasteiger charge is 2.28. The van der Waals surface area contributed by atoms with Crippen LogP contribution < -0.4 is 0 Å². The van der Waals surface area contributed by atoms with Crippen molar-refractivity contribution in [1.29, 1.82) is 0 Å². The largest absolute Gasteiger partial charge is 0.296 e. The molecule has 3 heterocycles. The summed E-state index contributed by atoms with van der Waals surface area (Å²) in [4.78, 5) is 23.6. The Bertz CT molecular complexity index is 1390. The second kappa shape index (κ2) is 8.94. The number of sulfonamides is 1. The molecule has 1 aromatic heterocycles. The molecule has 34 heavy (non-hydrogen) atoms. The average Bonchev–Trinajstić information content (AvgIpc) is 3.07. The minimum atomic E-state index is -3.55. The van der Waals surface area contributed by atoms with Gasteiger partial charge in [-0.15, -0.1) is 10.2 Å². The van der Waals surface area contributed by atoms with E-state index < -0.39 is 10.0 Å². The topological polar surface area (TPSA) is 108 Å². The Morgan fingerprint density at radius 1 is 0.941 bits per heavy atom. The molecule has 2 aliphatic rings. The molecule has 0 saturated carbocycles. The second-order valence-electron chi connectivity index (χ2n) is 8.93. The first-order valence-electron chi connectivity index (χ1n) is 11.4. The molecule has 176 valence electrons. The highest BCUT2D eigenvalue weighted by Crippen LogP contribution is 2.31. The highest BCUT2D eigenvalue weighted by molar-refractivity contribution is 7.89. The maximum atomic E-state index is 13.2. The summed E-state index contributed by atoms with van der Waals surface area (Å²) in [6.45, 7) is 6.80. The number of nitrogens with zero attached hydrogens (tertiary/aromatic N) is 6. The average molecular weight is 479 g/mol. The van der Waals surface area contributed by atoms with Crippen LogP contribution in [0.25, 0.3) is 10.9 Å². The molecule has 1 fully saturated rings. The molecule has 5 rings (SSSR count). The summed E-state index contributed by atoms with van der Waals surface area (Å²) in [7, 11) is -3.55. The van der Waals surface area contributed by atoms with Crippen molar-refractivity contribution >= 4 is 32.7 Å². The van der Waals surface area contributed by atoms with Crippen LogP contribution in [0.3, 0.4) is 0 Å². The molecule has 0 radical (unpaired) electrons. The van der Waals surface area contributed by atoms with E-state index in [2.05, 4.69) is 38.9 Å². The lowest BCUT2D eigenvalue weighted by Crippen LogP contribution is -2.35. The molecule has 1 amide bonds. The van der Waals surface area contributed by atoms with Crippen molar-refractivity contribution in [2.45, 2.75) is 37.6 Å². The van der Waals surface area contributed by atoms with Crippen LogP contribution in [0, 0.1) is 0 Å². The van der Waals surface area contributed by atoms with Crippen molar-refractivity contribution in [1.82, 2.24) is 19.2 Å². The first-order chi connectivity index (χ1) is 16.3. The molecule has 2 aliphatic heterocycles. The van der Waals surface area contributed by atoms with Crippen molar-refractivity contribution in [3.05, 3.63) is 59.4 Å². The van der Waals surface area contributed by atoms with Gasteiger partial charge in [-0.25, -0.2) is 18.4 Å². The summed E-state index contributed by atoms with van der Waals surface area (Å²) in [5.74, 6) is 0.943. The molecular weight excluding hydrogens is 452 g/mol. The third-order valence-corrected chi connectivity index (χ3v) is 8.23. The number of hydrogen-bond donors (Lipinski definition) is 0. The van der Waals surface area contributed by atoms with Gasteiger partial charge < -0.3 is 0 Å². The molecule has 3 aromatic rings. The van der Waals surface area contributed by atoms with Crippen LogP contribution in [0.1, 0.15) is 47.9 Å². The standard InChI is InChI=1S/C24H26N6O3S/c1-16(2)17-7-9-18(10-8-17)34(32,33)30-12-4-11-29(13-14-30)15-21-25-20-6-3-5-19-22(20)23(26-21)27-28-24(19)31/h3,5-10,16H,4,11-15H2,1-2H3. The molecule has 0 atom stereocenters. The minimum absolute atomic E-state index is 0.332. The van der Waals surface area contributed by atoms with Gasteiger partial charge in [0.2, 0.25) is 10.0 Å². The van der Waals surface area contributed by atoms with Gasteiger partial charge in [0.15, 0.2) is 5.82 Å². The van der Waals surface area contributed by atoms with Crippen molar-refractivity contribution < 1.29 is 13.2 Å². The quantitative estimate of drug-likeness (QED) is 0.551. The van der Waals surface area contributed by atoms with Crippen LogP contribution in [0.5, 0.6) is 0 Å². The Morgan fingerprint density at radius 3 is 2.50 bits per heavy atom. The van der Waals surface area contributed by atoms with Gasteiger partial charge in [-0.3, -0.25) is 9.69 Å². The van der Waals surface area contributed by atoms with E-state index in [1.165, 1.54) is 0 Å². The zero-order valence-electron chi connectivity index (χ0n) is 19.2. The van der Waals surface area contributed by atoms with E-state index in [4.69, 9.17) is 0 Å². The first kappa shape index (κ1) is 22.7. The number of aromatic nitrogens is 2. The van der Waals surface area contributed by atoms with E-state index in [0.29, 0.717) is 71.5 Å². The monoisotopic (exact) mass is 478 g/mol. The van der Waals surface area contributed by atoms with Crippen LogP contribution in [0.15, 0.2) is 57.6 Å². The van der Waals surface area contributed by atoms with Gasteiger partial charge in [0.05, 0.1) is 27.9 Å². The van der Waals surface area contributed by atoms with Crippen molar-refractivity contribution in [2.75, 3.05) is 26.2 Å². The molecule has 0 bridgehead atoms. The van der Waals surface area contributed by atoms with Gasteiger partial charge in [-0.1, -0.05) is 32.0 Å². The number of carbonyl (C=O) groups is 1. The normalized spacial score (nSPS) is 17.4. The fraction of sp³-hybridized carbons (Fsp3) is 0.375. The van der Waals surface area contributed by atoms with Gasteiger partial charge in [0.25, 0.3) is 5.91 Å². The number of benzene rings is 2. The Labute approximate surface area is 198 Å². The van der Waals surface area contributed by atoms with Gasteiger partial charge in [-0.2, -0.15) is 4.31 Å². The zero-order valence-corrected chi connectivity index (χ0v) is 20.0. The van der Waals surface area contributed by atoms with Crippen LogP contribution in [-0.4, -0.2) is 59.7 Å².